The average Bonchev–Trinajstić information content (AvgIpc) is 3.35. The largest absolute Gasteiger partial charge is 0.347 e. The quantitative estimate of drug-likeness (QED) is 0.720. The Labute approximate surface area is 169 Å². The third-order valence-electron chi connectivity index (χ3n) is 5.95. The Kier molecular flexibility index (Phi) is 5.78. The molecule has 4 rings (SSSR count). The third kappa shape index (κ3) is 3.98. The molecule has 0 spiro atoms. The lowest BCUT2D eigenvalue weighted by Gasteiger charge is -2.43. The van der Waals surface area contributed by atoms with Gasteiger partial charge in [0.25, 0.3) is 0 Å². The van der Waals surface area contributed by atoms with Crippen LogP contribution in [0.25, 0.3) is 0 Å². The number of halogens is 1. The van der Waals surface area contributed by atoms with Crippen LogP contribution >= 0.6 is 11.3 Å². The van der Waals surface area contributed by atoms with E-state index in [0.29, 0.717) is 30.4 Å². The SMILES string of the molecule is CC(=O)NC1(c2ccccc2F)CCN(CC2CNNC2c2cccs2)CC1. The van der Waals surface area contributed by atoms with Crippen LogP contribution in [0, 0.1) is 11.7 Å². The number of amides is 1. The summed E-state index contributed by atoms with van der Waals surface area (Å²) in [6.45, 7) is 5.10. The summed E-state index contributed by atoms with van der Waals surface area (Å²) >= 11 is 1.78. The van der Waals surface area contributed by atoms with E-state index in [-0.39, 0.29) is 11.7 Å². The lowest BCUT2D eigenvalue weighted by Crippen LogP contribution is -2.53. The van der Waals surface area contributed by atoms with Crippen LogP contribution in [0.2, 0.25) is 0 Å². The van der Waals surface area contributed by atoms with E-state index in [1.807, 2.05) is 6.07 Å². The van der Waals surface area contributed by atoms with Gasteiger partial charge in [0.05, 0.1) is 11.6 Å². The van der Waals surface area contributed by atoms with Crippen LogP contribution in [0.5, 0.6) is 0 Å². The Morgan fingerprint density at radius 2 is 2.07 bits per heavy atom. The van der Waals surface area contributed by atoms with Crippen molar-refractivity contribution in [3.8, 4) is 0 Å². The van der Waals surface area contributed by atoms with Crippen LogP contribution in [0.3, 0.4) is 0 Å². The molecule has 2 saturated heterocycles. The predicted molar refractivity (Wildman–Crippen MR) is 109 cm³/mol. The maximum atomic E-state index is 14.5. The zero-order chi connectivity index (χ0) is 19.6. The normalized spacial score (nSPS) is 24.9. The maximum Gasteiger partial charge on any atom is 0.217 e. The van der Waals surface area contributed by atoms with Crippen molar-refractivity contribution in [1.29, 1.82) is 0 Å². The van der Waals surface area contributed by atoms with E-state index in [1.54, 1.807) is 23.5 Å². The fourth-order valence-electron chi connectivity index (χ4n) is 4.57. The smallest absolute Gasteiger partial charge is 0.217 e. The molecule has 150 valence electrons. The van der Waals surface area contributed by atoms with E-state index < -0.39 is 5.54 Å². The average molecular weight is 403 g/mol. The minimum Gasteiger partial charge on any atom is -0.347 e. The Morgan fingerprint density at radius 3 is 2.75 bits per heavy atom. The summed E-state index contributed by atoms with van der Waals surface area (Å²) in [5.41, 5.74) is 6.69. The standard InChI is InChI=1S/C21H27FN4OS/c1-15(27)24-21(17-5-2-3-6-18(17)22)8-10-26(11-9-21)14-16-13-23-25-20(16)19-7-4-12-28-19/h2-7,12,16,20,23,25H,8-11,13-14H2,1H3,(H,24,27). The molecule has 0 radical (unpaired) electrons. The second-order valence-corrected chi connectivity index (χ2v) is 8.80. The maximum absolute atomic E-state index is 14.5. The predicted octanol–water partition coefficient (Wildman–Crippen LogP) is 2.78. The number of hydrogen-bond acceptors (Lipinski definition) is 5. The first-order chi connectivity index (χ1) is 13.6. The molecule has 1 aromatic carbocycles. The highest BCUT2D eigenvalue weighted by Gasteiger charge is 2.40. The van der Waals surface area contributed by atoms with Crippen LogP contribution < -0.4 is 16.2 Å². The summed E-state index contributed by atoms with van der Waals surface area (Å²) in [6, 6.07) is 11.4. The summed E-state index contributed by atoms with van der Waals surface area (Å²) in [5, 5.41) is 5.18. The zero-order valence-electron chi connectivity index (χ0n) is 16.1. The fourth-order valence-corrected chi connectivity index (χ4v) is 5.44. The molecular formula is C21H27FN4OS. The number of rotatable bonds is 5. The minimum atomic E-state index is -0.618. The first-order valence-electron chi connectivity index (χ1n) is 9.85. The van der Waals surface area contributed by atoms with Crippen LogP contribution in [0.15, 0.2) is 41.8 Å². The minimum absolute atomic E-state index is 0.112. The molecule has 0 bridgehead atoms. The molecule has 2 atom stereocenters. The summed E-state index contributed by atoms with van der Waals surface area (Å²) < 4.78 is 14.5. The van der Waals surface area contributed by atoms with Gasteiger partial charge in [-0.15, -0.1) is 11.3 Å². The Hall–Kier alpha value is -1.80. The van der Waals surface area contributed by atoms with Gasteiger partial charge in [0.1, 0.15) is 5.82 Å². The molecule has 2 aliphatic heterocycles. The van der Waals surface area contributed by atoms with Gasteiger partial charge in [-0.05, 0) is 30.4 Å². The topological polar surface area (TPSA) is 56.4 Å². The lowest BCUT2D eigenvalue weighted by atomic mass is 9.80. The van der Waals surface area contributed by atoms with Crippen molar-refractivity contribution in [3.63, 3.8) is 0 Å². The fraction of sp³-hybridized carbons (Fsp3) is 0.476. The highest BCUT2D eigenvalue weighted by Crippen LogP contribution is 2.36. The summed E-state index contributed by atoms with van der Waals surface area (Å²) in [6.07, 6.45) is 1.43. The van der Waals surface area contributed by atoms with E-state index in [9.17, 15) is 9.18 Å². The van der Waals surface area contributed by atoms with E-state index >= 15 is 0 Å². The highest BCUT2D eigenvalue weighted by atomic mass is 32.1. The molecule has 2 aliphatic rings. The molecule has 0 saturated carbocycles. The number of nitrogens with zero attached hydrogens (tertiary/aromatic N) is 1. The third-order valence-corrected chi connectivity index (χ3v) is 6.91. The number of thiophene rings is 1. The number of carbonyl (C=O) groups excluding carboxylic acids is 1. The zero-order valence-corrected chi connectivity index (χ0v) is 16.9. The van der Waals surface area contributed by atoms with Crippen molar-refractivity contribution in [1.82, 2.24) is 21.1 Å². The van der Waals surface area contributed by atoms with Crippen molar-refractivity contribution < 1.29 is 9.18 Å². The van der Waals surface area contributed by atoms with E-state index in [4.69, 9.17) is 0 Å². The lowest BCUT2D eigenvalue weighted by molar-refractivity contribution is -0.121. The van der Waals surface area contributed by atoms with Gasteiger partial charge in [-0.1, -0.05) is 24.3 Å². The Morgan fingerprint density at radius 1 is 1.29 bits per heavy atom. The molecule has 28 heavy (non-hydrogen) atoms. The summed E-state index contributed by atoms with van der Waals surface area (Å²) in [5.74, 6) is 0.130. The molecule has 5 nitrogen and oxygen atoms in total. The van der Waals surface area contributed by atoms with Gasteiger partial charge < -0.3 is 10.2 Å². The second kappa shape index (κ2) is 8.29. The van der Waals surface area contributed by atoms with Crippen LogP contribution in [-0.2, 0) is 10.3 Å². The summed E-state index contributed by atoms with van der Waals surface area (Å²) in [7, 11) is 0. The van der Waals surface area contributed by atoms with Crippen molar-refractivity contribution in [2.45, 2.75) is 31.3 Å². The number of carbonyl (C=O) groups is 1. The Balaban J connectivity index is 1.45. The molecule has 2 fully saturated rings. The number of hydrogen-bond donors (Lipinski definition) is 3. The highest BCUT2D eigenvalue weighted by molar-refractivity contribution is 7.10. The van der Waals surface area contributed by atoms with Gasteiger partial charge in [-0.3, -0.25) is 10.2 Å². The number of hydrazine groups is 1. The monoisotopic (exact) mass is 402 g/mol. The van der Waals surface area contributed by atoms with Gasteiger partial charge in [0, 0.05) is 49.5 Å². The molecule has 1 aromatic heterocycles. The van der Waals surface area contributed by atoms with Gasteiger partial charge in [0.2, 0.25) is 5.91 Å². The van der Waals surface area contributed by atoms with E-state index in [2.05, 4.69) is 38.6 Å². The Bertz CT molecular complexity index is 804. The summed E-state index contributed by atoms with van der Waals surface area (Å²) in [4.78, 5) is 15.7. The van der Waals surface area contributed by atoms with Crippen molar-refractivity contribution in [2.24, 2.45) is 5.92 Å². The van der Waals surface area contributed by atoms with Crippen molar-refractivity contribution >= 4 is 17.2 Å². The first kappa shape index (κ1) is 19.5. The molecule has 3 heterocycles. The van der Waals surface area contributed by atoms with E-state index in [1.165, 1.54) is 17.9 Å². The number of benzene rings is 1. The number of piperidine rings is 1. The molecule has 2 unspecified atom stereocenters. The number of likely N-dealkylation sites (tertiary alicyclic amines) is 1. The first-order valence-corrected chi connectivity index (χ1v) is 10.7. The second-order valence-electron chi connectivity index (χ2n) is 7.82. The van der Waals surface area contributed by atoms with Gasteiger partial charge >= 0.3 is 0 Å². The van der Waals surface area contributed by atoms with Gasteiger partial charge in [-0.25, -0.2) is 9.82 Å². The molecule has 2 aromatic rings. The molecule has 0 aliphatic carbocycles. The van der Waals surface area contributed by atoms with Crippen LogP contribution in [0.1, 0.15) is 36.2 Å². The number of nitrogens with one attached hydrogen (secondary N) is 3. The van der Waals surface area contributed by atoms with Crippen LogP contribution in [0.4, 0.5) is 4.39 Å². The van der Waals surface area contributed by atoms with Crippen molar-refractivity contribution in [3.05, 3.63) is 58.0 Å². The van der Waals surface area contributed by atoms with Gasteiger partial charge in [-0.2, -0.15) is 0 Å². The van der Waals surface area contributed by atoms with Crippen molar-refractivity contribution in [2.75, 3.05) is 26.2 Å². The molecule has 7 heteroatoms. The molecular weight excluding hydrogens is 375 g/mol. The van der Waals surface area contributed by atoms with Crippen LogP contribution in [-0.4, -0.2) is 37.0 Å². The molecule has 1 amide bonds. The van der Waals surface area contributed by atoms with E-state index in [0.717, 1.165) is 26.2 Å². The molecule has 3 N–H and O–H groups in total. The van der Waals surface area contributed by atoms with Gasteiger partial charge in [0.15, 0.2) is 0 Å².